The van der Waals surface area contributed by atoms with Crippen molar-refractivity contribution < 1.29 is 9.47 Å². The van der Waals surface area contributed by atoms with Crippen LogP contribution in [-0.4, -0.2) is 19.4 Å². The third-order valence-corrected chi connectivity index (χ3v) is 6.58. The molecule has 4 heteroatoms. The van der Waals surface area contributed by atoms with Crippen LogP contribution >= 0.6 is 8.58 Å². The Bertz CT molecular complexity index is 870. The molecule has 0 saturated carbocycles. The van der Waals surface area contributed by atoms with E-state index < -0.39 is 0 Å². The summed E-state index contributed by atoms with van der Waals surface area (Å²) in [5.74, 6) is 0.972. The lowest BCUT2D eigenvalue weighted by molar-refractivity contribution is 0.0506. The van der Waals surface area contributed by atoms with Crippen molar-refractivity contribution in [1.82, 2.24) is 5.32 Å². The third kappa shape index (κ3) is 7.59. The van der Waals surface area contributed by atoms with E-state index in [0.29, 0.717) is 8.58 Å². The maximum Gasteiger partial charge on any atom is 0.188 e. The summed E-state index contributed by atoms with van der Waals surface area (Å²) in [5.41, 5.74) is 4.03. The SMILES string of the molecule is COCOc1c(Pc2ccccc2CNC(C)(C)C)cc(C(C)(C)C)cc1C(C)(C)C. The molecule has 0 aliphatic carbocycles. The van der Waals surface area contributed by atoms with Crippen molar-refractivity contribution >= 4 is 19.2 Å². The summed E-state index contributed by atoms with van der Waals surface area (Å²) >= 11 is 0. The lowest BCUT2D eigenvalue weighted by Crippen LogP contribution is -2.36. The molecule has 1 atom stereocenters. The first-order valence-corrected chi connectivity index (χ1v) is 12.1. The fourth-order valence-electron chi connectivity index (χ4n) is 3.29. The molecular weight excluding hydrogens is 401 g/mol. The zero-order valence-electron chi connectivity index (χ0n) is 21.2. The van der Waals surface area contributed by atoms with E-state index in [1.54, 1.807) is 7.11 Å². The van der Waals surface area contributed by atoms with E-state index in [2.05, 4.69) is 104 Å². The summed E-state index contributed by atoms with van der Waals surface area (Å²) in [4.78, 5) is 0. The lowest BCUT2D eigenvalue weighted by atomic mass is 9.80. The fraction of sp³-hybridized carbons (Fsp3) is 0.556. The minimum Gasteiger partial charge on any atom is -0.467 e. The van der Waals surface area contributed by atoms with Gasteiger partial charge < -0.3 is 14.8 Å². The summed E-state index contributed by atoms with van der Waals surface area (Å²) in [6.45, 7) is 21.3. The molecule has 0 spiro atoms. The van der Waals surface area contributed by atoms with Crippen LogP contribution in [0, 0.1) is 0 Å². The molecule has 0 amide bonds. The van der Waals surface area contributed by atoms with Crippen LogP contribution in [0.4, 0.5) is 0 Å². The Hall–Kier alpha value is -1.41. The van der Waals surface area contributed by atoms with E-state index in [1.807, 2.05) is 0 Å². The summed E-state index contributed by atoms with van der Waals surface area (Å²) in [7, 11) is 2.19. The summed E-state index contributed by atoms with van der Waals surface area (Å²) in [6.07, 6.45) is 0. The van der Waals surface area contributed by atoms with Crippen LogP contribution in [-0.2, 0) is 22.1 Å². The van der Waals surface area contributed by atoms with Gasteiger partial charge in [0.1, 0.15) is 5.75 Å². The number of hydrogen-bond acceptors (Lipinski definition) is 3. The van der Waals surface area contributed by atoms with Crippen LogP contribution in [0.3, 0.4) is 0 Å². The Labute approximate surface area is 192 Å². The van der Waals surface area contributed by atoms with E-state index in [9.17, 15) is 0 Å². The van der Waals surface area contributed by atoms with Crippen molar-refractivity contribution in [2.45, 2.75) is 85.2 Å². The summed E-state index contributed by atoms with van der Waals surface area (Å²) in [6, 6.07) is 13.4. The maximum absolute atomic E-state index is 6.21. The molecule has 0 aliphatic heterocycles. The Morgan fingerprint density at radius 3 is 2.03 bits per heavy atom. The van der Waals surface area contributed by atoms with Gasteiger partial charge in [-0.2, -0.15) is 0 Å². The normalized spacial score (nSPS) is 13.2. The highest BCUT2D eigenvalue weighted by atomic mass is 31.1. The average molecular weight is 444 g/mol. The number of hydrogen-bond donors (Lipinski definition) is 1. The monoisotopic (exact) mass is 443 g/mol. The topological polar surface area (TPSA) is 30.5 Å². The van der Waals surface area contributed by atoms with E-state index in [0.717, 1.165) is 12.3 Å². The van der Waals surface area contributed by atoms with Crippen LogP contribution in [0.1, 0.15) is 79.0 Å². The van der Waals surface area contributed by atoms with Gasteiger partial charge in [-0.05, 0) is 54.1 Å². The van der Waals surface area contributed by atoms with Crippen molar-refractivity contribution in [3.63, 3.8) is 0 Å². The van der Waals surface area contributed by atoms with Gasteiger partial charge in [-0.25, -0.2) is 0 Å². The molecular formula is C27H42NO2P. The smallest absolute Gasteiger partial charge is 0.188 e. The van der Waals surface area contributed by atoms with Crippen molar-refractivity contribution in [1.29, 1.82) is 0 Å². The van der Waals surface area contributed by atoms with Crippen LogP contribution < -0.4 is 20.7 Å². The van der Waals surface area contributed by atoms with E-state index >= 15 is 0 Å². The van der Waals surface area contributed by atoms with Gasteiger partial charge in [0.05, 0.1) is 0 Å². The summed E-state index contributed by atoms with van der Waals surface area (Å²) in [5, 5.41) is 6.24. The highest BCUT2D eigenvalue weighted by Crippen LogP contribution is 2.37. The molecule has 1 unspecified atom stereocenters. The first-order valence-electron chi connectivity index (χ1n) is 11.1. The first kappa shape index (κ1) is 25.8. The minimum atomic E-state index is -0.0309. The Morgan fingerprint density at radius 2 is 1.48 bits per heavy atom. The molecule has 0 heterocycles. The predicted molar refractivity (Wildman–Crippen MR) is 137 cm³/mol. The molecule has 0 aliphatic rings. The van der Waals surface area contributed by atoms with Gasteiger partial charge in [0, 0.05) is 30.1 Å². The second-order valence-electron chi connectivity index (χ2n) is 11.3. The van der Waals surface area contributed by atoms with E-state index in [1.165, 1.54) is 27.3 Å². The maximum atomic E-state index is 6.21. The Kier molecular flexibility index (Phi) is 8.36. The van der Waals surface area contributed by atoms with Crippen LogP contribution in [0.15, 0.2) is 36.4 Å². The fourth-order valence-corrected chi connectivity index (χ4v) is 4.64. The molecule has 0 fully saturated rings. The minimum absolute atomic E-state index is 0.0309. The van der Waals surface area contributed by atoms with Gasteiger partial charge in [0.25, 0.3) is 0 Å². The number of methoxy groups -OCH3 is 1. The van der Waals surface area contributed by atoms with Crippen LogP contribution in [0.2, 0.25) is 0 Å². The molecule has 0 radical (unpaired) electrons. The number of rotatable bonds is 7. The molecule has 0 aromatic heterocycles. The molecule has 2 aromatic rings. The van der Waals surface area contributed by atoms with Crippen LogP contribution in [0.25, 0.3) is 0 Å². The average Bonchev–Trinajstić information content (AvgIpc) is 2.63. The highest BCUT2D eigenvalue weighted by Gasteiger charge is 2.26. The number of nitrogens with one attached hydrogen (secondary N) is 1. The van der Waals surface area contributed by atoms with Crippen LogP contribution in [0.5, 0.6) is 5.75 Å². The highest BCUT2D eigenvalue weighted by molar-refractivity contribution is 7.55. The van der Waals surface area contributed by atoms with Gasteiger partial charge in [-0.3, -0.25) is 0 Å². The molecule has 3 nitrogen and oxygen atoms in total. The standard InChI is InChI=1S/C27H42NO2P/c1-25(2,3)20-15-21(26(4,5)6)24(30-18-29-10)23(16-20)31-22-14-12-11-13-19(22)17-28-27(7,8)9/h11-16,28,31H,17-18H2,1-10H3. The van der Waals surface area contributed by atoms with Gasteiger partial charge in [0.15, 0.2) is 6.79 Å². The molecule has 2 rings (SSSR count). The van der Waals surface area contributed by atoms with Gasteiger partial charge in [-0.15, -0.1) is 0 Å². The van der Waals surface area contributed by atoms with Crippen molar-refractivity contribution in [2.24, 2.45) is 0 Å². The van der Waals surface area contributed by atoms with Crippen molar-refractivity contribution in [2.75, 3.05) is 13.9 Å². The largest absolute Gasteiger partial charge is 0.467 e. The van der Waals surface area contributed by atoms with Gasteiger partial charge >= 0.3 is 0 Å². The zero-order valence-corrected chi connectivity index (χ0v) is 22.2. The van der Waals surface area contributed by atoms with E-state index in [4.69, 9.17) is 9.47 Å². The van der Waals surface area contributed by atoms with Crippen molar-refractivity contribution in [3.05, 3.63) is 53.1 Å². The second kappa shape index (κ2) is 10.0. The lowest BCUT2D eigenvalue weighted by Gasteiger charge is -2.29. The molecule has 2 aromatic carbocycles. The van der Waals surface area contributed by atoms with Crippen molar-refractivity contribution in [3.8, 4) is 5.75 Å². The Balaban J connectivity index is 2.59. The second-order valence-corrected chi connectivity index (χ2v) is 12.7. The predicted octanol–water partition coefficient (Wildman–Crippen LogP) is 5.78. The molecule has 0 bridgehead atoms. The molecule has 172 valence electrons. The zero-order chi connectivity index (χ0) is 23.4. The number of benzene rings is 2. The quantitative estimate of drug-likeness (QED) is 0.435. The summed E-state index contributed by atoms with van der Waals surface area (Å²) < 4.78 is 11.5. The van der Waals surface area contributed by atoms with Gasteiger partial charge in [0.2, 0.25) is 0 Å². The molecule has 31 heavy (non-hydrogen) atoms. The first-order chi connectivity index (χ1) is 14.2. The van der Waals surface area contributed by atoms with Gasteiger partial charge in [-0.1, -0.05) is 80.5 Å². The molecule has 1 N–H and O–H groups in total. The Morgan fingerprint density at radius 1 is 0.839 bits per heavy atom. The third-order valence-electron chi connectivity index (χ3n) is 5.18. The number of ether oxygens (including phenoxy) is 2. The molecule has 0 saturated heterocycles. The van der Waals surface area contributed by atoms with E-state index in [-0.39, 0.29) is 23.2 Å².